The molecule has 14 heavy (non-hydrogen) atoms. The highest BCUT2D eigenvalue weighted by molar-refractivity contribution is 5.47. The van der Waals surface area contributed by atoms with Gasteiger partial charge in [-0.25, -0.2) is 0 Å². The minimum atomic E-state index is -0.897. The van der Waals surface area contributed by atoms with Gasteiger partial charge in [-0.2, -0.15) is 9.65 Å². The Morgan fingerprint density at radius 3 is 2.79 bits per heavy atom. The van der Waals surface area contributed by atoms with Gasteiger partial charge in [-0.05, 0) is 18.6 Å². The van der Waals surface area contributed by atoms with Crippen LogP contribution in [0.15, 0.2) is 12.1 Å². The molecule has 72 valence electrons. The molecule has 0 atom stereocenters. The fourth-order valence-corrected chi connectivity index (χ4v) is 1.21. The number of nitriles is 1. The van der Waals surface area contributed by atoms with E-state index in [9.17, 15) is 14.5 Å². The number of hydrogen-bond acceptors (Lipinski definition) is 3. The summed E-state index contributed by atoms with van der Waals surface area (Å²) in [5, 5.41) is 19.0. The van der Waals surface area contributed by atoms with Crippen molar-refractivity contribution in [2.75, 3.05) is 0 Å². The maximum absolute atomic E-state index is 13.1. The summed E-state index contributed by atoms with van der Waals surface area (Å²) in [6, 6.07) is 4.24. The first-order chi connectivity index (χ1) is 6.57. The second-order valence-corrected chi connectivity index (χ2v) is 2.78. The van der Waals surface area contributed by atoms with Crippen LogP contribution in [0.2, 0.25) is 0 Å². The van der Waals surface area contributed by atoms with Crippen LogP contribution in [0.1, 0.15) is 11.1 Å². The minimum absolute atomic E-state index is 0.150. The number of rotatable bonds is 2. The molecule has 0 unspecified atom stereocenters. The number of nitrogens with zero attached hydrogens (tertiary/aromatic N) is 2. The van der Waals surface area contributed by atoms with Gasteiger partial charge in [0.15, 0.2) is 0 Å². The van der Waals surface area contributed by atoms with E-state index < -0.39 is 16.4 Å². The average Bonchev–Trinajstić information content (AvgIpc) is 2.11. The molecular formula is C9H7FN2O2. The van der Waals surface area contributed by atoms with Crippen molar-refractivity contribution in [2.45, 2.75) is 13.3 Å². The Labute approximate surface area is 79.7 Å². The molecule has 0 amide bonds. The van der Waals surface area contributed by atoms with Gasteiger partial charge in [0.05, 0.1) is 17.4 Å². The Balaban J connectivity index is 3.43. The van der Waals surface area contributed by atoms with Gasteiger partial charge in [-0.1, -0.05) is 6.07 Å². The Morgan fingerprint density at radius 2 is 2.29 bits per heavy atom. The molecule has 0 spiro atoms. The summed E-state index contributed by atoms with van der Waals surface area (Å²) in [6.45, 7) is 1.61. The van der Waals surface area contributed by atoms with Gasteiger partial charge < -0.3 is 0 Å². The smallest absolute Gasteiger partial charge is 0.258 e. The van der Waals surface area contributed by atoms with Gasteiger partial charge in [-0.3, -0.25) is 10.1 Å². The quantitative estimate of drug-likeness (QED) is 0.534. The summed E-state index contributed by atoms with van der Waals surface area (Å²) >= 11 is 0. The van der Waals surface area contributed by atoms with Gasteiger partial charge >= 0.3 is 5.69 Å². The number of hydrogen-bond donors (Lipinski definition) is 0. The molecule has 0 saturated heterocycles. The third-order valence-corrected chi connectivity index (χ3v) is 1.91. The zero-order valence-corrected chi connectivity index (χ0v) is 7.45. The average molecular weight is 194 g/mol. The fraction of sp³-hybridized carbons (Fsp3) is 0.222. The van der Waals surface area contributed by atoms with Crippen molar-refractivity contribution in [3.05, 3.63) is 39.2 Å². The van der Waals surface area contributed by atoms with Crippen LogP contribution in [0.3, 0.4) is 0 Å². The number of halogens is 1. The normalized spacial score (nSPS) is 9.50. The van der Waals surface area contributed by atoms with Crippen molar-refractivity contribution in [1.82, 2.24) is 0 Å². The van der Waals surface area contributed by atoms with Crippen LogP contribution in [0, 0.1) is 34.2 Å². The number of nitro groups is 1. The molecule has 0 aliphatic carbocycles. The summed E-state index contributed by atoms with van der Waals surface area (Å²) in [5.74, 6) is -0.897. The SMILES string of the molecule is Cc1ccc(F)c([N+](=O)[O-])c1CC#N. The zero-order chi connectivity index (χ0) is 10.7. The van der Waals surface area contributed by atoms with Gasteiger partial charge in [-0.15, -0.1) is 0 Å². The molecule has 0 saturated carbocycles. The van der Waals surface area contributed by atoms with Crippen LogP contribution in [0.4, 0.5) is 10.1 Å². The van der Waals surface area contributed by atoms with E-state index >= 15 is 0 Å². The molecule has 1 aromatic carbocycles. The molecule has 0 aliphatic heterocycles. The Kier molecular flexibility index (Phi) is 2.77. The molecule has 0 fully saturated rings. The lowest BCUT2D eigenvalue weighted by Gasteiger charge is -2.02. The Morgan fingerprint density at radius 1 is 1.64 bits per heavy atom. The first-order valence-electron chi connectivity index (χ1n) is 3.87. The second-order valence-electron chi connectivity index (χ2n) is 2.78. The van der Waals surface area contributed by atoms with Crippen LogP contribution in [-0.2, 0) is 6.42 Å². The molecular weight excluding hydrogens is 187 g/mol. The van der Waals surface area contributed by atoms with Crippen molar-refractivity contribution < 1.29 is 9.31 Å². The van der Waals surface area contributed by atoms with Crippen molar-refractivity contribution in [3.63, 3.8) is 0 Å². The highest BCUT2D eigenvalue weighted by Crippen LogP contribution is 2.25. The predicted molar refractivity (Wildman–Crippen MR) is 47.1 cm³/mol. The van der Waals surface area contributed by atoms with Crippen molar-refractivity contribution in [2.24, 2.45) is 0 Å². The predicted octanol–water partition coefficient (Wildman–Crippen LogP) is 2.11. The van der Waals surface area contributed by atoms with Gasteiger partial charge in [0.2, 0.25) is 5.82 Å². The molecule has 1 aromatic rings. The maximum atomic E-state index is 13.1. The van der Waals surface area contributed by atoms with Crippen LogP contribution in [0.5, 0.6) is 0 Å². The molecule has 0 aromatic heterocycles. The lowest BCUT2D eigenvalue weighted by atomic mass is 10.0. The van der Waals surface area contributed by atoms with E-state index in [4.69, 9.17) is 5.26 Å². The third-order valence-electron chi connectivity index (χ3n) is 1.91. The lowest BCUT2D eigenvalue weighted by molar-refractivity contribution is -0.388. The summed E-state index contributed by atoms with van der Waals surface area (Å²) in [6.07, 6.45) is -0.153. The Hall–Kier alpha value is -1.96. The van der Waals surface area contributed by atoms with Crippen molar-refractivity contribution in [3.8, 4) is 6.07 Å². The summed E-state index contributed by atoms with van der Waals surface area (Å²) in [4.78, 5) is 9.73. The number of nitro benzene ring substituents is 1. The van der Waals surface area contributed by atoms with E-state index in [1.807, 2.05) is 0 Å². The third kappa shape index (κ3) is 1.69. The van der Waals surface area contributed by atoms with Gasteiger partial charge in [0.25, 0.3) is 0 Å². The van der Waals surface area contributed by atoms with Gasteiger partial charge in [0.1, 0.15) is 0 Å². The summed E-state index contributed by atoms with van der Waals surface area (Å²) in [5.41, 5.74) is 0.115. The van der Waals surface area contributed by atoms with Crippen molar-refractivity contribution >= 4 is 5.69 Å². The summed E-state index contributed by atoms with van der Waals surface area (Å²) in [7, 11) is 0. The highest BCUT2D eigenvalue weighted by atomic mass is 19.1. The van der Waals surface area contributed by atoms with Crippen LogP contribution in [0.25, 0.3) is 0 Å². The van der Waals surface area contributed by atoms with E-state index in [1.165, 1.54) is 6.07 Å². The van der Waals surface area contributed by atoms with Gasteiger partial charge in [0, 0.05) is 5.56 Å². The monoisotopic (exact) mass is 194 g/mol. The topological polar surface area (TPSA) is 66.9 Å². The largest absolute Gasteiger partial charge is 0.309 e. The lowest BCUT2D eigenvalue weighted by Crippen LogP contribution is -2.00. The van der Waals surface area contributed by atoms with E-state index in [0.717, 1.165) is 6.07 Å². The first-order valence-corrected chi connectivity index (χ1v) is 3.87. The molecule has 0 aliphatic rings. The van der Waals surface area contributed by atoms with Crippen LogP contribution in [-0.4, -0.2) is 4.92 Å². The van der Waals surface area contributed by atoms with Crippen molar-refractivity contribution in [1.29, 1.82) is 5.26 Å². The van der Waals surface area contributed by atoms with E-state index in [1.54, 1.807) is 13.0 Å². The molecule has 4 nitrogen and oxygen atoms in total. The number of benzene rings is 1. The number of aryl methyl sites for hydroxylation is 1. The van der Waals surface area contributed by atoms with Crippen LogP contribution >= 0.6 is 0 Å². The van der Waals surface area contributed by atoms with Crippen LogP contribution < -0.4 is 0 Å². The highest BCUT2D eigenvalue weighted by Gasteiger charge is 2.21. The summed E-state index contributed by atoms with van der Waals surface area (Å²) < 4.78 is 13.1. The first kappa shape index (κ1) is 10.1. The fourth-order valence-electron chi connectivity index (χ4n) is 1.21. The second kappa shape index (κ2) is 3.83. The van der Waals surface area contributed by atoms with E-state index in [0.29, 0.717) is 5.56 Å². The molecule has 0 N–H and O–H groups in total. The molecule has 1 rings (SSSR count). The zero-order valence-electron chi connectivity index (χ0n) is 7.45. The van der Waals surface area contributed by atoms with E-state index in [2.05, 4.69) is 0 Å². The standard InChI is InChI=1S/C9H7FN2O2/c1-6-2-3-8(10)9(12(13)14)7(6)4-5-11/h2-3H,4H2,1H3. The molecule has 0 bridgehead atoms. The molecule has 0 heterocycles. The van der Waals surface area contributed by atoms with E-state index in [-0.39, 0.29) is 12.0 Å². The Bertz CT molecular complexity index is 424. The maximum Gasteiger partial charge on any atom is 0.309 e. The minimum Gasteiger partial charge on any atom is -0.258 e. The molecule has 0 radical (unpaired) electrons. The molecule has 5 heteroatoms.